The van der Waals surface area contributed by atoms with E-state index < -0.39 is 16.0 Å². The maximum absolute atomic E-state index is 12.6. The molecule has 1 fully saturated rings. The highest BCUT2D eigenvalue weighted by atomic mass is 32.2. The maximum Gasteiger partial charge on any atom is 0.337 e. The number of methoxy groups -OCH3 is 1. The molecule has 1 unspecified atom stereocenters. The quantitative estimate of drug-likeness (QED) is 0.832. The number of hydrogen-bond donors (Lipinski definition) is 1. The summed E-state index contributed by atoms with van der Waals surface area (Å²) in [7, 11) is -2.34. The number of carbonyl (C=O) groups is 1. The van der Waals surface area contributed by atoms with Gasteiger partial charge in [0.1, 0.15) is 0 Å². The number of piperidine rings is 1. The lowest BCUT2D eigenvalue weighted by Crippen LogP contribution is -2.42. The number of esters is 1. The van der Waals surface area contributed by atoms with Crippen molar-refractivity contribution in [3.8, 4) is 0 Å². The highest BCUT2D eigenvalue weighted by Crippen LogP contribution is 2.23. The van der Waals surface area contributed by atoms with Crippen LogP contribution in [0.5, 0.6) is 0 Å². The van der Waals surface area contributed by atoms with Crippen molar-refractivity contribution in [3.63, 3.8) is 0 Å². The van der Waals surface area contributed by atoms with Gasteiger partial charge < -0.3 is 10.5 Å². The Morgan fingerprint density at radius 1 is 1.48 bits per heavy atom. The van der Waals surface area contributed by atoms with Gasteiger partial charge in [0.2, 0.25) is 10.0 Å². The number of benzene rings is 1. The molecule has 1 aromatic carbocycles. The van der Waals surface area contributed by atoms with Crippen LogP contribution in [-0.2, 0) is 14.8 Å². The number of carbonyl (C=O) groups excluding carboxylic acids is 1. The number of ether oxygens (including phenoxy) is 1. The van der Waals surface area contributed by atoms with Gasteiger partial charge in [-0.25, -0.2) is 13.2 Å². The molecule has 0 spiro atoms. The summed E-state index contributed by atoms with van der Waals surface area (Å²) in [5.74, 6) is -0.358. The molecule has 116 valence electrons. The fourth-order valence-electron chi connectivity index (χ4n) is 2.49. The minimum absolute atomic E-state index is 0.114. The zero-order chi connectivity index (χ0) is 15.5. The van der Waals surface area contributed by atoms with Crippen LogP contribution in [0.15, 0.2) is 29.2 Å². The van der Waals surface area contributed by atoms with Gasteiger partial charge in [-0.2, -0.15) is 4.31 Å². The summed E-state index contributed by atoms with van der Waals surface area (Å²) >= 11 is 0. The van der Waals surface area contributed by atoms with Crippen molar-refractivity contribution in [2.45, 2.75) is 17.7 Å². The van der Waals surface area contributed by atoms with E-state index in [1.54, 1.807) is 6.07 Å². The van der Waals surface area contributed by atoms with Gasteiger partial charge in [-0.1, -0.05) is 6.07 Å². The molecule has 1 heterocycles. The Morgan fingerprint density at radius 2 is 2.24 bits per heavy atom. The number of rotatable bonds is 4. The van der Waals surface area contributed by atoms with E-state index in [2.05, 4.69) is 4.74 Å². The summed E-state index contributed by atoms with van der Waals surface area (Å²) in [5, 5.41) is 0. The van der Waals surface area contributed by atoms with Crippen LogP contribution in [0.1, 0.15) is 23.2 Å². The normalized spacial score (nSPS) is 20.2. The Kier molecular flexibility index (Phi) is 4.97. The molecular formula is C14H20N2O4S. The van der Waals surface area contributed by atoms with Crippen LogP contribution in [0, 0.1) is 5.92 Å². The number of nitrogens with two attached hydrogens (primary N) is 1. The topological polar surface area (TPSA) is 89.7 Å². The fraction of sp³-hybridized carbons (Fsp3) is 0.500. The molecular weight excluding hydrogens is 292 g/mol. The van der Waals surface area contributed by atoms with E-state index in [1.165, 1.54) is 29.6 Å². The van der Waals surface area contributed by atoms with E-state index in [0.717, 1.165) is 12.8 Å². The molecule has 1 atom stereocenters. The Labute approximate surface area is 124 Å². The maximum atomic E-state index is 12.6. The summed E-state index contributed by atoms with van der Waals surface area (Å²) in [6.45, 7) is 1.40. The van der Waals surface area contributed by atoms with Gasteiger partial charge in [0.25, 0.3) is 0 Å². The molecule has 0 amide bonds. The molecule has 1 aromatic rings. The molecule has 21 heavy (non-hydrogen) atoms. The van der Waals surface area contributed by atoms with Gasteiger partial charge in [-0.3, -0.25) is 0 Å². The standard InChI is InChI=1S/C14H20N2O4S/c1-20-14(17)12-5-2-6-13(8-12)21(18,19)16-7-3-4-11(9-15)10-16/h2,5-6,8,11H,3-4,7,9-10,15H2,1H3. The zero-order valence-corrected chi connectivity index (χ0v) is 12.8. The van der Waals surface area contributed by atoms with Crippen LogP contribution in [0.3, 0.4) is 0 Å². The smallest absolute Gasteiger partial charge is 0.337 e. The molecule has 0 radical (unpaired) electrons. The van der Waals surface area contributed by atoms with Gasteiger partial charge in [0.15, 0.2) is 0 Å². The predicted octanol–water partition coefficient (Wildman–Crippen LogP) is 0.833. The predicted molar refractivity (Wildman–Crippen MR) is 78.3 cm³/mol. The highest BCUT2D eigenvalue weighted by molar-refractivity contribution is 7.89. The Hall–Kier alpha value is -1.44. The summed E-state index contributed by atoms with van der Waals surface area (Å²) in [6, 6.07) is 5.92. The molecule has 6 nitrogen and oxygen atoms in total. The van der Waals surface area contributed by atoms with Gasteiger partial charge in [0.05, 0.1) is 17.6 Å². The molecule has 1 aliphatic heterocycles. The molecule has 0 aliphatic carbocycles. The molecule has 0 bridgehead atoms. The Morgan fingerprint density at radius 3 is 2.90 bits per heavy atom. The molecule has 2 rings (SSSR count). The minimum atomic E-state index is -3.60. The van der Waals surface area contributed by atoms with Gasteiger partial charge in [-0.05, 0) is 43.5 Å². The van der Waals surface area contributed by atoms with Crippen molar-refractivity contribution in [1.82, 2.24) is 4.31 Å². The summed E-state index contributed by atoms with van der Waals surface area (Å²) in [4.78, 5) is 11.6. The molecule has 2 N–H and O–H groups in total. The number of hydrogen-bond acceptors (Lipinski definition) is 5. The first-order valence-electron chi connectivity index (χ1n) is 6.87. The molecule has 1 aliphatic rings. The van der Waals surface area contributed by atoms with Crippen molar-refractivity contribution >= 4 is 16.0 Å². The first-order chi connectivity index (χ1) is 9.98. The van der Waals surface area contributed by atoms with Crippen LogP contribution in [0.4, 0.5) is 0 Å². The monoisotopic (exact) mass is 312 g/mol. The van der Waals surface area contributed by atoms with Crippen molar-refractivity contribution in [2.75, 3.05) is 26.7 Å². The lowest BCUT2D eigenvalue weighted by molar-refractivity contribution is 0.0600. The van der Waals surface area contributed by atoms with Gasteiger partial charge in [-0.15, -0.1) is 0 Å². The highest BCUT2D eigenvalue weighted by Gasteiger charge is 2.30. The summed E-state index contributed by atoms with van der Waals surface area (Å²) in [5.41, 5.74) is 5.87. The summed E-state index contributed by atoms with van der Waals surface area (Å²) < 4.78 is 31.4. The molecule has 0 saturated carbocycles. The van der Waals surface area contributed by atoms with E-state index in [1.807, 2.05) is 0 Å². The van der Waals surface area contributed by atoms with Crippen molar-refractivity contribution < 1.29 is 17.9 Å². The fourth-order valence-corrected chi connectivity index (χ4v) is 4.09. The minimum Gasteiger partial charge on any atom is -0.465 e. The van der Waals surface area contributed by atoms with Crippen molar-refractivity contribution in [2.24, 2.45) is 11.7 Å². The van der Waals surface area contributed by atoms with E-state index in [-0.39, 0.29) is 16.4 Å². The van der Waals surface area contributed by atoms with Crippen LogP contribution in [0.2, 0.25) is 0 Å². The molecule has 7 heteroatoms. The second-order valence-electron chi connectivity index (χ2n) is 5.13. The van der Waals surface area contributed by atoms with Crippen molar-refractivity contribution in [1.29, 1.82) is 0 Å². The average molecular weight is 312 g/mol. The van der Waals surface area contributed by atoms with Crippen LogP contribution in [0.25, 0.3) is 0 Å². The molecule has 0 aromatic heterocycles. The van der Waals surface area contributed by atoms with Gasteiger partial charge in [0, 0.05) is 13.1 Å². The zero-order valence-electron chi connectivity index (χ0n) is 12.0. The third-order valence-corrected chi connectivity index (χ3v) is 5.57. The Bertz CT molecular complexity index is 615. The van der Waals surface area contributed by atoms with Crippen LogP contribution < -0.4 is 5.73 Å². The second kappa shape index (κ2) is 6.55. The third-order valence-electron chi connectivity index (χ3n) is 3.71. The third kappa shape index (κ3) is 3.42. The Balaban J connectivity index is 2.29. The first-order valence-corrected chi connectivity index (χ1v) is 8.31. The SMILES string of the molecule is COC(=O)c1cccc(S(=O)(=O)N2CCCC(CN)C2)c1. The van der Waals surface area contributed by atoms with Crippen LogP contribution in [-0.4, -0.2) is 45.4 Å². The lowest BCUT2D eigenvalue weighted by atomic mass is 10.0. The number of sulfonamides is 1. The van der Waals surface area contributed by atoms with E-state index in [9.17, 15) is 13.2 Å². The van der Waals surface area contributed by atoms with Crippen LogP contribution >= 0.6 is 0 Å². The number of nitrogens with zero attached hydrogens (tertiary/aromatic N) is 1. The molecule has 1 saturated heterocycles. The second-order valence-corrected chi connectivity index (χ2v) is 7.06. The van der Waals surface area contributed by atoms with Crippen molar-refractivity contribution in [3.05, 3.63) is 29.8 Å². The lowest BCUT2D eigenvalue weighted by Gasteiger charge is -2.31. The van der Waals surface area contributed by atoms with Gasteiger partial charge >= 0.3 is 5.97 Å². The van der Waals surface area contributed by atoms with E-state index in [0.29, 0.717) is 19.6 Å². The average Bonchev–Trinajstić information content (AvgIpc) is 2.54. The van der Waals surface area contributed by atoms with E-state index in [4.69, 9.17) is 5.73 Å². The van der Waals surface area contributed by atoms with E-state index >= 15 is 0 Å². The summed E-state index contributed by atoms with van der Waals surface area (Å²) in [6.07, 6.45) is 1.75. The first kappa shape index (κ1) is 15.9. The largest absolute Gasteiger partial charge is 0.465 e.